The monoisotopic (exact) mass is 194 g/mol. The second-order valence-corrected chi connectivity index (χ2v) is 4.74. The van der Waals surface area contributed by atoms with E-state index in [1.807, 2.05) is 6.92 Å². The first-order valence-corrected chi connectivity index (χ1v) is 5.45. The first-order valence-electron chi connectivity index (χ1n) is 5.45. The van der Waals surface area contributed by atoms with Gasteiger partial charge in [0.25, 0.3) is 0 Å². The van der Waals surface area contributed by atoms with Gasteiger partial charge in [0, 0.05) is 11.5 Å². The summed E-state index contributed by atoms with van der Waals surface area (Å²) in [7, 11) is 0. The molecule has 0 radical (unpaired) electrons. The summed E-state index contributed by atoms with van der Waals surface area (Å²) in [6.45, 7) is 5.74. The van der Waals surface area contributed by atoms with Crippen molar-refractivity contribution >= 4 is 5.78 Å². The number of hydrogen-bond donors (Lipinski definition) is 0. The molecule has 2 rings (SSSR count). The number of Topliss-reactive ketones (excluding diaryl/α,β-unsaturated/α-hetero) is 1. The number of carbonyl (C=O) groups is 1. The second kappa shape index (κ2) is 3.11. The molecule has 14 heavy (non-hydrogen) atoms. The van der Waals surface area contributed by atoms with E-state index in [2.05, 4.69) is 6.92 Å². The van der Waals surface area contributed by atoms with Gasteiger partial charge in [-0.25, -0.2) is 0 Å². The summed E-state index contributed by atoms with van der Waals surface area (Å²) >= 11 is 0. The fourth-order valence-electron chi connectivity index (χ4n) is 3.02. The highest BCUT2D eigenvalue weighted by Gasteiger charge is 2.47. The molecular weight excluding hydrogens is 176 g/mol. The minimum Gasteiger partial charge on any atom is -0.491 e. The molecule has 0 saturated heterocycles. The van der Waals surface area contributed by atoms with Crippen LogP contribution in [0.4, 0.5) is 0 Å². The Balaban J connectivity index is 2.33. The average molecular weight is 194 g/mol. The fourth-order valence-corrected chi connectivity index (χ4v) is 3.02. The van der Waals surface area contributed by atoms with Crippen LogP contribution in [-0.2, 0) is 9.53 Å². The van der Waals surface area contributed by atoms with Gasteiger partial charge in [0.1, 0.15) is 11.4 Å². The molecule has 1 fully saturated rings. The Kier molecular flexibility index (Phi) is 2.17. The van der Waals surface area contributed by atoms with Crippen molar-refractivity contribution in [3.63, 3.8) is 0 Å². The summed E-state index contributed by atoms with van der Waals surface area (Å²) in [5, 5.41) is 0. The quantitative estimate of drug-likeness (QED) is 0.641. The number of carbonyl (C=O) groups excluding carboxylic acids is 1. The van der Waals surface area contributed by atoms with Crippen LogP contribution in [0.25, 0.3) is 0 Å². The summed E-state index contributed by atoms with van der Waals surface area (Å²) in [5.41, 5.74) is 0.871. The van der Waals surface area contributed by atoms with Crippen LogP contribution >= 0.6 is 0 Å². The van der Waals surface area contributed by atoms with Crippen LogP contribution in [0.2, 0.25) is 0 Å². The predicted octanol–water partition coefficient (Wildman–Crippen LogP) is 2.83. The third kappa shape index (κ3) is 1.28. The number of rotatable bonds is 1. The standard InChI is InChI=1S/C12H18O2/c1-8(13)11-9(2)14-12(3)7-5-4-6-10(11)12/h10H,4-7H2,1-3H3/t10-,12-/m0/s1. The average Bonchev–Trinajstić information content (AvgIpc) is 2.34. The molecule has 1 saturated carbocycles. The Morgan fingerprint density at radius 2 is 2.21 bits per heavy atom. The number of allylic oxidation sites excluding steroid dienone is 1. The van der Waals surface area contributed by atoms with Gasteiger partial charge in [-0.1, -0.05) is 6.42 Å². The third-order valence-electron chi connectivity index (χ3n) is 3.65. The minimum atomic E-state index is -0.0800. The van der Waals surface area contributed by atoms with Crippen molar-refractivity contribution in [3.05, 3.63) is 11.3 Å². The van der Waals surface area contributed by atoms with E-state index in [0.717, 1.165) is 24.2 Å². The molecule has 2 heteroatoms. The molecule has 1 aliphatic heterocycles. The van der Waals surface area contributed by atoms with Crippen molar-refractivity contribution in [2.75, 3.05) is 0 Å². The van der Waals surface area contributed by atoms with Gasteiger partial charge in [0.2, 0.25) is 0 Å². The van der Waals surface area contributed by atoms with Crippen molar-refractivity contribution < 1.29 is 9.53 Å². The van der Waals surface area contributed by atoms with Gasteiger partial charge >= 0.3 is 0 Å². The molecule has 78 valence electrons. The van der Waals surface area contributed by atoms with Gasteiger partial charge < -0.3 is 4.74 Å². The van der Waals surface area contributed by atoms with Crippen LogP contribution in [0, 0.1) is 5.92 Å². The van der Waals surface area contributed by atoms with E-state index < -0.39 is 0 Å². The van der Waals surface area contributed by atoms with E-state index in [-0.39, 0.29) is 11.4 Å². The van der Waals surface area contributed by atoms with Crippen LogP contribution < -0.4 is 0 Å². The molecule has 1 aliphatic carbocycles. The summed E-state index contributed by atoms with van der Waals surface area (Å²) in [6.07, 6.45) is 4.66. The molecule has 2 nitrogen and oxygen atoms in total. The molecule has 2 atom stereocenters. The summed E-state index contributed by atoms with van der Waals surface area (Å²) < 4.78 is 5.89. The predicted molar refractivity (Wildman–Crippen MR) is 54.8 cm³/mol. The normalized spacial score (nSPS) is 36.6. The van der Waals surface area contributed by atoms with Gasteiger partial charge in [-0.15, -0.1) is 0 Å². The lowest BCUT2D eigenvalue weighted by atomic mass is 9.73. The maximum Gasteiger partial charge on any atom is 0.159 e. The molecule has 0 amide bonds. The zero-order valence-electron chi connectivity index (χ0n) is 9.22. The molecule has 0 aromatic heterocycles. The van der Waals surface area contributed by atoms with Crippen molar-refractivity contribution in [1.82, 2.24) is 0 Å². The number of hydrogen-bond acceptors (Lipinski definition) is 2. The SMILES string of the molecule is CC(=O)C1=C(C)O[C@@]2(C)CCCC[C@@H]12. The van der Waals surface area contributed by atoms with E-state index >= 15 is 0 Å². The first-order chi connectivity index (χ1) is 6.54. The highest BCUT2D eigenvalue weighted by molar-refractivity contribution is 5.95. The van der Waals surface area contributed by atoms with E-state index in [9.17, 15) is 4.79 Å². The Morgan fingerprint density at radius 1 is 1.50 bits per heavy atom. The smallest absolute Gasteiger partial charge is 0.159 e. The Morgan fingerprint density at radius 3 is 2.86 bits per heavy atom. The van der Waals surface area contributed by atoms with Gasteiger partial charge in [-0.3, -0.25) is 4.79 Å². The van der Waals surface area contributed by atoms with E-state index in [0.29, 0.717) is 5.92 Å². The lowest BCUT2D eigenvalue weighted by molar-refractivity contribution is -0.114. The molecule has 0 unspecified atom stereocenters. The largest absolute Gasteiger partial charge is 0.491 e. The highest BCUT2D eigenvalue weighted by atomic mass is 16.5. The molecule has 0 aromatic rings. The maximum absolute atomic E-state index is 11.5. The molecule has 0 N–H and O–H groups in total. The Labute approximate surface area is 85.3 Å². The van der Waals surface area contributed by atoms with Crippen LogP contribution in [0.1, 0.15) is 46.5 Å². The van der Waals surface area contributed by atoms with E-state index in [4.69, 9.17) is 4.74 Å². The van der Waals surface area contributed by atoms with Crippen molar-refractivity contribution in [1.29, 1.82) is 0 Å². The van der Waals surface area contributed by atoms with Gasteiger partial charge in [0.15, 0.2) is 5.78 Å². The lowest BCUT2D eigenvalue weighted by Crippen LogP contribution is -2.37. The molecule has 0 aromatic carbocycles. The zero-order chi connectivity index (χ0) is 10.3. The van der Waals surface area contributed by atoms with Crippen LogP contribution in [0.15, 0.2) is 11.3 Å². The molecule has 1 heterocycles. The molecule has 0 bridgehead atoms. The van der Waals surface area contributed by atoms with Gasteiger partial charge in [-0.2, -0.15) is 0 Å². The maximum atomic E-state index is 11.5. The first kappa shape index (κ1) is 9.75. The van der Waals surface area contributed by atoms with Crippen molar-refractivity contribution in [2.24, 2.45) is 5.92 Å². The van der Waals surface area contributed by atoms with Crippen molar-refractivity contribution in [3.8, 4) is 0 Å². The molecule has 2 aliphatic rings. The Bertz CT molecular complexity index is 303. The Hall–Kier alpha value is -0.790. The summed E-state index contributed by atoms with van der Waals surface area (Å²) in [5.74, 6) is 1.42. The van der Waals surface area contributed by atoms with E-state index in [1.54, 1.807) is 6.92 Å². The lowest BCUT2D eigenvalue weighted by Gasteiger charge is -2.36. The zero-order valence-corrected chi connectivity index (χ0v) is 9.22. The highest BCUT2D eigenvalue weighted by Crippen LogP contribution is 2.48. The number of ether oxygens (including phenoxy) is 1. The van der Waals surface area contributed by atoms with Crippen LogP contribution in [0.5, 0.6) is 0 Å². The van der Waals surface area contributed by atoms with E-state index in [1.165, 1.54) is 12.8 Å². The van der Waals surface area contributed by atoms with Crippen LogP contribution in [0.3, 0.4) is 0 Å². The molecule has 0 spiro atoms. The summed E-state index contributed by atoms with van der Waals surface area (Å²) in [6, 6.07) is 0. The topological polar surface area (TPSA) is 26.3 Å². The van der Waals surface area contributed by atoms with Crippen molar-refractivity contribution in [2.45, 2.75) is 52.1 Å². The summed E-state index contributed by atoms with van der Waals surface area (Å²) in [4.78, 5) is 11.5. The van der Waals surface area contributed by atoms with Gasteiger partial charge in [0.05, 0.1) is 0 Å². The number of ketones is 1. The fraction of sp³-hybridized carbons (Fsp3) is 0.750. The number of fused-ring (bicyclic) bond motifs is 1. The minimum absolute atomic E-state index is 0.0800. The van der Waals surface area contributed by atoms with Crippen LogP contribution in [-0.4, -0.2) is 11.4 Å². The molecular formula is C12H18O2. The third-order valence-corrected chi connectivity index (χ3v) is 3.65. The second-order valence-electron chi connectivity index (χ2n) is 4.74. The van der Waals surface area contributed by atoms with Gasteiger partial charge in [-0.05, 0) is 40.0 Å².